The van der Waals surface area contributed by atoms with Crippen LogP contribution in [0.4, 0.5) is 18.9 Å². The Hall–Kier alpha value is -2.96. The number of halogens is 3. The summed E-state index contributed by atoms with van der Waals surface area (Å²) < 4.78 is 66.2. The van der Waals surface area contributed by atoms with Crippen molar-refractivity contribution in [2.24, 2.45) is 5.10 Å². The van der Waals surface area contributed by atoms with E-state index in [-0.39, 0.29) is 42.2 Å². The van der Waals surface area contributed by atoms with Gasteiger partial charge in [-0.3, -0.25) is 9.59 Å². The fourth-order valence-corrected chi connectivity index (χ4v) is 4.93. The highest BCUT2D eigenvalue weighted by Gasteiger charge is 2.38. The number of alkyl halides is 3. The second kappa shape index (κ2) is 8.88. The molecule has 0 bridgehead atoms. The zero-order valence-corrected chi connectivity index (χ0v) is 17.7. The Labute approximate surface area is 181 Å². The van der Waals surface area contributed by atoms with Crippen LogP contribution in [0.15, 0.2) is 29.4 Å². The lowest BCUT2D eigenvalue weighted by Crippen LogP contribution is -2.42. The Morgan fingerprint density at radius 1 is 1.22 bits per heavy atom. The van der Waals surface area contributed by atoms with Crippen LogP contribution in [-0.2, 0) is 35.1 Å². The fourth-order valence-electron chi connectivity index (χ4n) is 3.24. The molecule has 2 aliphatic heterocycles. The maximum Gasteiger partial charge on any atom is 0.416 e. The number of amides is 2. The number of nitrogens with zero attached hydrogens (tertiary/aromatic N) is 2. The number of carbonyl (C=O) groups excluding carboxylic acids is 3. The van der Waals surface area contributed by atoms with Crippen molar-refractivity contribution in [2.45, 2.75) is 44.5 Å². The molecule has 1 aromatic rings. The molecule has 0 aromatic heterocycles. The van der Waals surface area contributed by atoms with Gasteiger partial charge in [0.1, 0.15) is 5.71 Å². The highest BCUT2D eigenvalue weighted by atomic mass is 32.2. The molecule has 32 heavy (non-hydrogen) atoms. The monoisotopic (exact) mass is 475 g/mol. The molecule has 9 nitrogen and oxygen atoms in total. The van der Waals surface area contributed by atoms with Crippen molar-refractivity contribution in [1.29, 1.82) is 0 Å². The van der Waals surface area contributed by atoms with Gasteiger partial charge in [0, 0.05) is 18.5 Å². The van der Waals surface area contributed by atoms with Gasteiger partial charge in [-0.05, 0) is 37.6 Å². The molecular formula is C19H20F3N3O6S. The molecule has 0 spiro atoms. The molecule has 1 fully saturated rings. The maximum absolute atomic E-state index is 12.6. The molecule has 2 heterocycles. The zero-order chi connectivity index (χ0) is 23.7. The van der Waals surface area contributed by atoms with Crippen molar-refractivity contribution < 1.29 is 40.7 Å². The summed E-state index contributed by atoms with van der Waals surface area (Å²) in [6, 6.07) is 3.09. The van der Waals surface area contributed by atoms with Gasteiger partial charge in [0.2, 0.25) is 5.91 Å². The van der Waals surface area contributed by atoms with Crippen LogP contribution in [0, 0.1) is 0 Å². The lowest BCUT2D eigenvalue weighted by atomic mass is 10.1. The summed E-state index contributed by atoms with van der Waals surface area (Å²) in [6.45, 7) is 1.27. The number of hydrogen-bond acceptors (Lipinski definition) is 7. The van der Waals surface area contributed by atoms with E-state index in [0.717, 1.165) is 29.3 Å². The third-order valence-electron chi connectivity index (χ3n) is 4.98. The molecule has 2 atom stereocenters. The van der Waals surface area contributed by atoms with Crippen LogP contribution < -0.4 is 5.32 Å². The van der Waals surface area contributed by atoms with E-state index < -0.39 is 51.5 Å². The van der Waals surface area contributed by atoms with Gasteiger partial charge in [-0.25, -0.2) is 18.2 Å². The molecule has 13 heteroatoms. The second-order valence-electron chi connectivity index (χ2n) is 7.45. The summed E-state index contributed by atoms with van der Waals surface area (Å²) >= 11 is 0. The summed E-state index contributed by atoms with van der Waals surface area (Å²) in [5.74, 6) is -2.44. The van der Waals surface area contributed by atoms with Crippen molar-refractivity contribution in [3.05, 3.63) is 29.8 Å². The SMILES string of the molecule is CC(OC(=O)C1=NN(C2CCS(=O)(=O)C2)C(=O)CC1)C(=O)Nc1ccc(C(F)(F)F)cc1. The molecule has 2 unspecified atom stereocenters. The normalized spacial score (nSPS) is 21.6. The Balaban J connectivity index is 1.61. The number of sulfone groups is 1. The first kappa shape index (κ1) is 23.7. The van der Waals surface area contributed by atoms with Crippen LogP contribution in [0.25, 0.3) is 0 Å². The van der Waals surface area contributed by atoms with Gasteiger partial charge in [-0.15, -0.1) is 0 Å². The molecular weight excluding hydrogens is 455 g/mol. The smallest absolute Gasteiger partial charge is 0.416 e. The number of hydrazone groups is 1. The summed E-state index contributed by atoms with van der Waals surface area (Å²) in [4.78, 5) is 36.7. The first-order valence-corrected chi connectivity index (χ1v) is 11.5. The Bertz CT molecular complexity index is 1050. The topological polar surface area (TPSA) is 122 Å². The van der Waals surface area contributed by atoms with Crippen molar-refractivity contribution in [1.82, 2.24) is 5.01 Å². The van der Waals surface area contributed by atoms with E-state index in [2.05, 4.69) is 10.4 Å². The van der Waals surface area contributed by atoms with E-state index in [9.17, 15) is 36.0 Å². The van der Waals surface area contributed by atoms with Crippen molar-refractivity contribution in [3.8, 4) is 0 Å². The van der Waals surface area contributed by atoms with Gasteiger partial charge >= 0.3 is 12.1 Å². The Morgan fingerprint density at radius 3 is 2.44 bits per heavy atom. The van der Waals surface area contributed by atoms with E-state index in [1.807, 2.05) is 0 Å². The predicted octanol–water partition coefficient (Wildman–Crippen LogP) is 1.74. The average molecular weight is 475 g/mol. The average Bonchev–Trinajstić information content (AvgIpc) is 3.07. The second-order valence-corrected chi connectivity index (χ2v) is 9.68. The maximum atomic E-state index is 12.6. The Morgan fingerprint density at radius 2 is 1.88 bits per heavy atom. The van der Waals surface area contributed by atoms with Crippen LogP contribution in [0.3, 0.4) is 0 Å². The molecule has 0 aliphatic carbocycles. The minimum atomic E-state index is -4.51. The first-order chi connectivity index (χ1) is 14.9. The number of hydrogen-bond donors (Lipinski definition) is 1. The van der Waals surface area contributed by atoms with Gasteiger partial charge in [0.05, 0.1) is 23.1 Å². The van der Waals surface area contributed by atoms with E-state index in [0.29, 0.717) is 0 Å². The van der Waals surface area contributed by atoms with Crippen LogP contribution in [0.1, 0.15) is 31.7 Å². The van der Waals surface area contributed by atoms with Crippen molar-refractivity contribution in [2.75, 3.05) is 16.8 Å². The van der Waals surface area contributed by atoms with E-state index >= 15 is 0 Å². The molecule has 0 saturated carbocycles. The molecule has 174 valence electrons. The quantitative estimate of drug-likeness (QED) is 0.648. The standard InChI is InChI=1S/C19H20F3N3O6S/c1-11(17(27)23-13-4-2-12(3-5-13)19(20,21)22)31-18(28)15-6-7-16(26)25(24-15)14-8-9-32(29,30)10-14/h2-5,11,14H,6-10H2,1H3,(H,23,27). The lowest BCUT2D eigenvalue weighted by molar-refractivity contribution is -0.147. The molecule has 0 radical (unpaired) electrons. The summed E-state index contributed by atoms with van der Waals surface area (Å²) in [7, 11) is -3.27. The third-order valence-corrected chi connectivity index (χ3v) is 6.73. The van der Waals surface area contributed by atoms with Crippen LogP contribution >= 0.6 is 0 Å². The molecule has 1 N–H and O–H groups in total. The van der Waals surface area contributed by atoms with E-state index in [4.69, 9.17) is 4.74 Å². The minimum absolute atomic E-state index is 0.0269. The third kappa shape index (κ3) is 5.64. The predicted molar refractivity (Wildman–Crippen MR) is 106 cm³/mol. The number of anilines is 1. The highest BCUT2D eigenvalue weighted by molar-refractivity contribution is 7.91. The number of benzene rings is 1. The van der Waals surface area contributed by atoms with Gasteiger partial charge in [0.15, 0.2) is 15.9 Å². The largest absolute Gasteiger partial charge is 0.448 e. The number of rotatable bonds is 5. The highest BCUT2D eigenvalue weighted by Crippen LogP contribution is 2.30. The number of esters is 1. The van der Waals surface area contributed by atoms with Crippen LogP contribution in [0.5, 0.6) is 0 Å². The first-order valence-electron chi connectivity index (χ1n) is 9.65. The molecule has 3 rings (SSSR count). The number of ether oxygens (including phenoxy) is 1. The molecule has 1 aromatic carbocycles. The van der Waals surface area contributed by atoms with Crippen LogP contribution in [0.2, 0.25) is 0 Å². The summed E-state index contributed by atoms with van der Waals surface area (Å²) in [5, 5.41) is 7.30. The summed E-state index contributed by atoms with van der Waals surface area (Å²) in [5.41, 5.74) is -0.914. The number of carbonyl (C=O) groups is 3. The van der Waals surface area contributed by atoms with Crippen molar-refractivity contribution in [3.63, 3.8) is 0 Å². The van der Waals surface area contributed by atoms with Crippen LogP contribution in [-0.4, -0.2) is 60.6 Å². The number of nitrogens with one attached hydrogen (secondary N) is 1. The summed E-state index contributed by atoms with van der Waals surface area (Å²) in [6.07, 6.45) is -5.68. The lowest BCUT2D eigenvalue weighted by Gasteiger charge is -2.27. The Kier molecular flexibility index (Phi) is 6.58. The molecule has 1 saturated heterocycles. The van der Waals surface area contributed by atoms with Gasteiger partial charge in [-0.2, -0.15) is 18.3 Å². The zero-order valence-electron chi connectivity index (χ0n) is 16.9. The van der Waals surface area contributed by atoms with Crippen molar-refractivity contribution >= 4 is 39.0 Å². The van der Waals surface area contributed by atoms with E-state index in [1.54, 1.807) is 0 Å². The van der Waals surface area contributed by atoms with Gasteiger partial charge in [-0.1, -0.05) is 0 Å². The molecule has 2 aliphatic rings. The van der Waals surface area contributed by atoms with E-state index in [1.165, 1.54) is 6.92 Å². The van der Waals surface area contributed by atoms with Gasteiger partial charge in [0.25, 0.3) is 5.91 Å². The van der Waals surface area contributed by atoms with Gasteiger partial charge < -0.3 is 10.1 Å². The minimum Gasteiger partial charge on any atom is -0.448 e. The fraction of sp³-hybridized carbons (Fsp3) is 0.474. The molecule has 2 amide bonds.